The number of aliphatic hydroxyl groups excluding tert-OH is 1. The molecule has 1 amide bonds. The number of rotatable bonds is 3. The number of methoxy groups -OCH3 is 1. The minimum absolute atomic E-state index is 0.00252. The first-order valence-corrected chi connectivity index (χ1v) is 6.48. The maximum atomic E-state index is 11.9. The highest BCUT2D eigenvalue weighted by molar-refractivity contribution is 5.91. The molecule has 1 aromatic rings. The first kappa shape index (κ1) is 13.6. The van der Waals surface area contributed by atoms with Crippen LogP contribution in [0.4, 0.5) is 0 Å². The fraction of sp³-hybridized carbons (Fsp3) is 0.400. The number of likely N-dealkylation sites (tertiary alicyclic amines) is 1. The Hall–Kier alpha value is -1.81. The summed E-state index contributed by atoms with van der Waals surface area (Å²) in [6.45, 7) is 1.26. The molecular weight excluding hydrogens is 242 g/mol. The predicted molar refractivity (Wildman–Crippen MR) is 73.8 cm³/mol. The van der Waals surface area contributed by atoms with Crippen LogP contribution in [0, 0.1) is 0 Å². The zero-order valence-electron chi connectivity index (χ0n) is 11.1. The number of carbonyl (C=O) groups excluding carboxylic acids is 1. The lowest BCUT2D eigenvalue weighted by atomic mass is 10.1. The summed E-state index contributed by atoms with van der Waals surface area (Å²) in [5, 5.41) is 9.40. The van der Waals surface area contributed by atoms with Crippen LogP contribution in [0.5, 0.6) is 5.75 Å². The van der Waals surface area contributed by atoms with Crippen molar-refractivity contribution in [3.8, 4) is 5.75 Å². The molecule has 4 heteroatoms. The van der Waals surface area contributed by atoms with Gasteiger partial charge in [0.15, 0.2) is 0 Å². The number of benzene rings is 1. The van der Waals surface area contributed by atoms with E-state index in [0.29, 0.717) is 25.9 Å². The Balaban J connectivity index is 1.92. The van der Waals surface area contributed by atoms with Gasteiger partial charge in [0.1, 0.15) is 5.75 Å². The van der Waals surface area contributed by atoms with Crippen LogP contribution in [0.25, 0.3) is 6.08 Å². The van der Waals surface area contributed by atoms with E-state index >= 15 is 0 Å². The second-order valence-corrected chi connectivity index (χ2v) is 4.66. The Morgan fingerprint density at radius 1 is 1.32 bits per heavy atom. The summed E-state index contributed by atoms with van der Waals surface area (Å²) < 4.78 is 5.08. The average Bonchev–Trinajstić information content (AvgIpc) is 2.46. The van der Waals surface area contributed by atoms with E-state index in [1.165, 1.54) is 0 Å². The molecule has 0 spiro atoms. The van der Waals surface area contributed by atoms with Gasteiger partial charge in [0.25, 0.3) is 0 Å². The molecule has 0 bridgehead atoms. The number of carbonyl (C=O) groups is 1. The van der Waals surface area contributed by atoms with Crippen LogP contribution >= 0.6 is 0 Å². The third kappa shape index (κ3) is 3.83. The van der Waals surface area contributed by atoms with Crippen molar-refractivity contribution in [1.29, 1.82) is 0 Å². The van der Waals surface area contributed by atoms with Crippen molar-refractivity contribution in [3.05, 3.63) is 35.9 Å². The van der Waals surface area contributed by atoms with Crippen LogP contribution in [-0.4, -0.2) is 42.2 Å². The highest BCUT2D eigenvalue weighted by Gasteiger charge is 2.19. The van der Waals surface area contributed by atoms with Gasteiger partial charge in [-0.15, -0.1) is 0 Å². The van der Waals surface area contributed by atoms with E-state index in [1.807, 2.05) is 24.3 Å². The Morgan fingerprint density at radius 2 is 1.95 bits per heavy atom. The molecule has 0 atom stereocenters. The number of nitrogens with zero attached hydrogens (tertiary/aromatic N) is 1. The lowest BCUT2D eigenvalue weighted by Crippen LogP contribution is -2.39. The number of piperidine rings is 1. The Kier molecular flexibility index (Phi) is 4.58. The van der Waals surface area contributed by atoms with Gasteiger partial charge in [-0.2, -0.15) is 0 Å². The second-order valence-electron chi connectivity index (χ2n) is 4.66. The number of amides is 1. The van der Waals surface area contributed by atoms with Gasteiger partial charge in [-0.25, -0.2) is 0 Å². The average molecular weight is 261 g/mol. The molecule has 0 unspecified atom stereocenters. The van der Waals surface area contributed by atoms with Crippen molar-refractivity contribution in [2.45, 2.75) is 18.9 Å². The summed E-state index contributed by atoms with van der Waals surface area (Å²) >= 11 is 0. The van der Waals surface area contributed by atoms with Crippen molar-refractivity contribution in [1.82, 2.24) is 4.90 Å². The van der Waals surface area contributed by atoms with Crippen LogP contribution in [0.2, 0.25) is 0 Å². The van der Waals surface area contributed by atoms with Crippen LogP contribution in [-0.2, 0) is 4.79 Å². The van der Waals surface area contributed by atoms with E-state index in [9.17, 15) is 9.90 Å². The Labute approximate surface area is 113 Å². The molecule has 0 radical (unpaired) electrons. The molecule has 4 nitrogen and oxygen atoms in total. The summed E-state index contributed by atoms with van der Waals surface area (Å²) in [6.07, 6.45) is 4.46. The summed E-state index contributed by atoms with van der Waals surface area (Å²) in [4.78, 5) is 13.7. The highest BCUT2D eigenvalue weighted by Crippen LogP contribution is 2.13. The third-order valence-corrected chi connectivity index (χ3v) is 3.31. The summed E-state index contributed by atoms with van der Waals surface area (Å²) in [5.41, 5.74) is 0.964. The third-order valence-electron chi connectivity index (χ3n) is 3.31. The maximum Gasteiger partial charge on any atom is 0.246 e. The quantitative estimate of drug-likeness (QED) is 0.842. The van der Waals surface area contributed by atoms with Crippen molar-refractivity contribution < 1.29 is 14.6 Å². The monoisotopic (exact) mass is 261 g/mol. The number of hydrogen-bond donors (Lipinski definition) is 1. The van der Waals surface area contributed by atoms with E-state index in [1.54, 1.807) is 24.2 Å². The van der Waals surface area contributed by atoms with E-state index in [-0.39, 0.29) is 12.0 Å². The fourth-order valence-electron chi connectivity index (χ4n) is 2.07. The lowest BCUT2D eigenvalue weighted by molar-refractivity contribution is -0.127. The molecule has 1 N–H and O–H groups in total. The van der Waals surface area contributed by atoms with E-state index in [4.69, 9.17) is 4.74 Å². The summed E-state index contributed by atoms with van der Waals surface area (Å²) in [7, 11) is 1.62. The topological polar surface area (TPSA) is 49.8 Å². The molecule has 1 heterocycles. The largest absolute Gasteiger partial charge is 0.497 e. The normalized spacial score (nSPS) is 16.8. The van der Waals surface area contributed by atoms with Gasteiger partial charge < -0.3 is 14.7 Å². The molecule has 1 fully saturated rings. The molecule has 1 aliphatic rings. The van der Waals surface area contributed by atoms with Gasteiger partial charge in [-0.1, -0.05) is 12.1 Å². The highest BCUT2D eigenvalue weighted by atomic mass is 16.5. The zero-order valence-corrected chi connectivity index (χ0v) is 11.1. The SMILES string of the molecule is COc1ccc(/C=C/C(=O)N2CCC(O)CC2)cc1. The molecule has 0 saturated carbocycles. The van der Waals surface area contributed by atoms with Gasteiger partial charge in [0.05, 0.1) is 13.2 Å². The molecule has 1 aromatic carbocycles. The fourth-order valence-corrected chi connectivity index (χ4v) is 2.07. The summed E-state index contributed by atoms with van der Waals surface area (Å²) in [5.74, 6) is 0.802. The van der Waals surface area contributed by atoms with Crippen LogP contribution in [0.15, 0.2) is 30.3 Å². The van der Waals surface area contributed by atoms with Crippen molar-refractivity contribution in [2.75, 3.05) is 20.2 Å². The Morgan fingerprint density at radius 3 is 2.53 bits per heavy atom. The molecule has 1 saturated heterocycles. The molecule has 1 aliphatic heterocycles. The Bertz CT molecular complexity index is 445. The van der Waals surface area contributed by atoms with Crippen LogP contribution in [0.3, 0.4) is 0 Å². The molecule has 102 valence electrons. The van der Waals surface area contributed by atoms with E-state index < -0.39 is 0 Å². The molecule has 19 heavy (non-hydrogen) atoms. The minimum atomic E-state index is -0.255. The van der Waals surface area contributed by atoms with Crippen LogP contribution < -0.4 is 4.74 Å². The van der Waals surface area contributed by atoms with Gasteiger partial charge in [0, 0.05) is 19.2 Å². The smallest absolute Gasteiger partial charge is 0.246 e. The van der Waals surface area contributed by atoms with E-state index in [2.05, 4.69) is 0 Å². The van der Waals surface area contributed by atoms with E-state index in [0.717, 1.165) is 11.3 Å². The number of ether oxygens (including phenoxy) is 1. The molecular formula is C15H19NO3. The minimum Gasteiger partial charge on any atom is -0.497 e. The predicted octanol–water partition coefficient (Wildman–Crippen LogP) is 1.69. The van der Waals surface area contributed by atoms with Gasteiger partial charge in [-0.3, -0.25) is 4.79 Å². The number of aliphatic hydroxyl groups is 1. The molecule has 0 aliphatic carbocycles. The molecule has 2 rings (SSSR count). The van der Waals surface area contributed by atoms with Crippen molar-refractivity contribution in [3.63, 3.8) is 0 Å². The zero-order chi connectivity index (χ0) is 13.7. The first-order chi connectivity index (χ1) is 9.19. The maximum absolute atomic E-state index is 11.9. The van der Waals surface area contributed by atoms with Crippen LogP contribution in [0.1, 0.15) is 18.4 Å². The van der Waals surface area contributed by atoms with Gasteiger partial charge in [0.2, 0.25) is 5.91 Å². The molecule has 0 aromatic heterocycles. The van der Waals surface area contributed by atoms with Crippen molar-refractivity contribution in [2.24, 2.45) is 0 Å². The standard InChI is InChI=1S/C15H19NO3/c1-19-14-5-2-12(3-6-14)4-7-15(18)16-10-8-13(17)9-11-16/h2-7,13,17H,8-11H2,1H3/b7-4+. The number of hydrogen-bond acceptors (Lipinski definition) is 3. The second kappa shape index (κ2) is 6.38. The lowest BCUT2D eigenvalue weighted by Gasteiger charge is -2.28. The first-order valence-electron chi connectivity index (χ1n) is 6.48. The summed E-state index contributed by atoms with van der Waals surface area (Å²) in [6, 6.07) is 7.54. The van der Waals surface area contributed by atoms with Gasteiger partial charge >= 0.3 is 0 Å². The van der Waals surface area contributed by atoms with Crippen molar-refractivity contribution >= 4 is 12.0 Å². The van der Waals surface area contributed by atoms with Gasteiger partial charge in [-0.05, 0) is 36.6 Å².